The van der Waals surface area contributed by atoms with Crippen LogP contribution in [0.5, 0.6) is 5.75 Å². The van der Waals surface area contributed by atoms with E-state index in [0.29, 0.717) is 5.75 Å². The van der Waals surface area contributed by atoms with E-state index in [2.05, 4.69) is 96.1 Å². The van der Waals surface area contributed by atoms with Gasteiger partial charge in [0, 0.05) is 22.3 Å². The molecule has 0 bridgehead atoms. The molecule has 4 rings (SSSR count). The van der Waals surface area contributed by atoms with Gasteiger partial charge < -0.3 is 14.7 Å². The number of rotatable bonds is 3. The summed E-state index contributed by atoms with van der Waals surface area (Å²) in [5, 5.41) is 13.9. The third-order valence-corrected chi connectivity index (χ3v) is 6.76. The Kier molecular flexibility index (Phi) is 6.08. The molecule has 0 aliphatic carbocycles. The van der Waals surface area contributed by atoms with Gasteiger partial charge in [0.2, 0.25) is 0 Å². The van der Waals surface area contributed by atoms with Crippen molar-refractivity contribution in [2.24, 2.45) is 0 Å². The fourth-order valence-corrected chi connectivity index (χ4v) is 5.03. The number of hydrogen-bond donors (Lipinski definition) is 2. The van der Waals surface area contributed by atoms with Crippen LogP contribution in [0, 0.1) is 0 Å². The summed E-state index contributed by atoms with van der Waals surface area (Å²) in [6, 6.07) is 20.1. The van der Waals surface area contributed by atoms with Gasteiger partial charge in [0.05, 0.1) is 13.2 Å². The Morgan fingerprint density at radius 2 is 1.38 bits per heavy atom. The highest BCUT2D eigenvalue weighted by molar-refractivity contribution is 5.86. The second-order valence-electron chi connectivity index (χ2n) is 11.2. The quantitative estimate of drug-likeness (QED) is 0.601. The number of fused-ring (bicyclic) bond motifs is 1. The van der Waals surface area contributed by atoms with Crippen molar-refractivity contribution in [1.29, 1.82) is 0 Å². The molecule has 0 unspecified atom stereocenters. The summed E-state index contributed by atoms with van der Waals surface area (Å²) in [5.74, 6) is 0.447. The number of quaternary nitrogens is 1. The number of ether oxygens (including phenoxy) is 1. The molecule has 3 heteroatoms. The normalized spacial score (nSPS) is 16.9. The minimum atomic E-state index is -0.149. The fourth-order valence-electron chi connectivity index (χ4n) is 5.03. The number of benzene rings is 3. The Hall–Kier alpha value is -2.36. The van der Waals surface area contributed by atoms with E-state index in [-0.39, 0.29) is 16.9 Å². The summed E-state index contributed by atoms with van der Waals surface area (Å²) in [6.45, 7) is 16.6. The van der Waals surface area contributed by atoms with Crippen molar-refractivity contribution in [2.75, 3.05) is 26.3 Å². The minimum Gasteiger partial charge on any atom is -0.507 e. The lowest BCUT2D eigenvalue weighted by molar-refractivity contribution is -0.933. The van der Waals surface area contributed by atoms with E-state index in [1.54, 1.807) is 0 Å². The van der Waals surface area contributed by atoms with Crippen LogP contribution in [0.25, 0.3) is 10.8 Å². The first-order chi connectivity index (χ1) is 15.1. The van der Waals surface area contributed by atoms with Crippen molar-refractivity contribution in [3.63, 3.8) is 0 Å². The second-order valence-corrected chi connectivity index (χ2v) is 11.2. The Balaban J connectivity index is 2.00. The predicted molar refractivity (Wildman–Crippen MR) is 133 cm³/mol. The van der Waals surface area contributed by atoms with Crippen LogP contribution < -0.4 is 4.90 Å². The molecule has 32 heavy (non-hydrogen) atoms. The van der Waals surface area contributed by atoms with E-state index in [9.17, 15) is 5.11 Å². The van der Waals surface area contributed by atoms with Gasteiger partial charge >= 0.3 is 0 Å². The van der Waals surface area contributed by atoms with Crippen LogP contribution in [0.1, 0.15) is 69.8 Å². The summed E-state index contributed by atoms with van der Waals surface area (Å²) in [7, 11) is 0. The molecule has 170 valence electrons. The van der Waals surface area contributed by atoms with Crippen LogP contribution in [-0.4, -0.2) is 31.4 Å². The summed E-state index contributed by atoms with van der Waals surface area (Å²) >= 11 is 0. The molecule has 3 nitrogen and oxygen atoms in total. The monoisotopic (exact) mass is 432 g/mol. The van der Waals surface area contributed by atoms with Crippen molar-refractivity contribution in [3.05, 3.63) is 76.9 Å². The van der Waals surface area contributed by atoms with E-state index in [1.807, 2.05) is 0 Å². The molecule has 1 atom stereocenters. The first-order valence-corrected chi connectivity index (χ1v) is 11.9. The maximum Gasteiger partial charge on any atom is 0.140 e. The third-order valence-electron chi connectivity index (χ3n) is 6.76. The van der Waals surface area contributed by atoms with Crippen molar-refractivity contribution in [1.82, 2.24) is 0 Å². The van der Waals surface area contributed by atoms with Gasteiger partial charge in [-0.2, -0.15) is 0 Å². The molecule has 3 aromatic carbocycles. The highest BCUT2D eigenvalue weighted by Gasteiger charge is 2.34. The lowest BCUT2D eigenvalue weighted by atomic mass is 9.77. The third kappa shape index (κ3) is 4.42. The molecule has 0 saturated carbocycles. The van der Waals surface area contributed by atoms with E-state index in [0.717, 1.165) is 37.4 Å². The molecule has 0 amide bonds. The van der Waals surface area contributed by atoms with Gasteiger partial charge in [-0.15, -0.1) is 0 Å². The van der Waals surface area contributed by atoms with Crippen LogP contribution >= 0.6 is 0 Å². The zero-order valence-electron chi connectivity index (χ0n) is 20.5. The number of phenolic OH excluding ortho intramolecular Hbond substituents is 1. The van der Waals surface area contributed by atoms with Crippen molar-refractivity contribution in [2.45, 2.75) is 58.4 Å². The predicted octanol–water partition coefficient (Wildman–Crippen LogP) is 5.14. The first kappa shape index (κ1) is 22.8. The highest BCUT2D eigenvalue weighted by atomic mass is 16.5. The minimum absolute atomic E-state index is 0.149. The van der Waals surface area contributed by atoms with Gasteiger partial charge in [-0.25, -0.2) is 0 Å². The lowest BCUT2D eigenvalue weighted by Crippen LogP contribution is -3.14. The SMILES string of the molecule is CC(C)(C)c1cc([C@@H](c2cccc3ccccc23)[NH+]2CCOCC2)cc(C(C)(C)C)c1O. The van der Waals surface area contributed by atoms with E-state index in [1.165, 1.54) is 26.8 Å². The van der Waals surface area contributed by atoms with E-state index < -0.39 is 0 Å². The zero-order chi connectivity index (χ0) is 23.1. The molecular formula is C29H38NO2+. The molecule has 3 aromatic rings. The van der Waals surface area contributed by atoms with Gasteiger partial charge in [0.1, 0.15) is 24.9 Å². The number of morpholine rings is 1. The smallest absolute Gasteiger partial charge is 0.140 e. The van der Waals surface area contributed by atoms with Crippen molar-refractivity contribution < 1.29 is 14.7 Å². The molecule has 1 saturated heterocycles. The Bertz CT molecular complexity index is 1060. The number of hydrogen-bond acceptors (Lipinski definition) is 2. The molecule has 1 heterocycles. The largest absolute Gasteiger partial charge is 0.507 e. The number of nitrogens with one attached hydrogen (secondary N) is 1. The lowest BCUT2D eigenvalue weighted by Gasteiger charge is -2.35. The molecule has 1 fully saturated rings. The topological polar surface area (TPSA) is 33.9 Å². The van der Waals surface area contributed by atoms with E-state index >= 15 is 0 Å². The standard InChI is InChI=1S/C29H37NO2/c1-28(2,3)24-18-21(19-25(27(24)31)29(4,5)6)26(30-14-16-32-17-15-30)23-13-9-11-20-10-7-8-12-22(20)23/h7-13,18-19,26,31H,14-17H2,1-6H3/p+1/t26-/m0/s1. The number of phenols is 1. The van der Waals surface area contributed by atoms with E-state index in [4.69, 9.17) is 4.74 Å². The molecule has 1 aliphatic heterocycles. The maximum atomic E-state index is 11.3. The van der Waals surface area contributed by atoms with Crippen molar-refractivity contribution >= 4 is 10.8 Å². The van der Waals surface area contributed by atoms with Crippen LogP contribution in [0.4, 0.5) is 0 Å². The summed E-state index contributed by atoms with van der Waals surface area (Å²) in [4.78, 5) is 1.53. The molecule has 0 aromatic heterocycles. The van der Waals surface area contributed by atoms with Crippen LogP contribution in [0.2, 0.25) is 0 Å². The van der Waals surface area contributed by atoms with Gasteiger partial charge in [-0.1, -0.05) is 84.0 Å². The van der Waals surface area contributed by atoms with Gasteiger partial charge in [-0.05, 0) is 33.7 Å². The van der Waals surface area contributed by atoms with Gasteiger partial charge in [-0.3, -0.25) is 0 Å². The highest BCUT2D eigenvalue weighted by Crippen LogP contribution is 2.41. The fraction of sp³-hybridized carbons (Fsp3) is 0.448. The maximum absolute atomic E-state index is 11.3. The first-order valence-electron chi connectivity index (χ1n) is 11.9. The average molecular weight is 433 g/mol. The van der Waals surface area contributed by atoms with Crippen molar-refractivity contribution in [3.8, 4) is 5.75 Å². The second kappa shape index (κ2) is 8.53. The Morgan fingerprint density at radius 1 is 0.812 bits per heavy atom. The molecule has 0 spiro atoms. The van der Waals surface area contributed by atoms with Crippen LogP contribution in [0.15, 0.2) is 54.6 Å². The number of aromatic hydroxyl groups is 1. The Morgan fingerprint density at radius 3 is 1.97 bits per heavy atom. The Labute approximate surface area is 193 Å². The summed E-state index contributed by atoms with van der Waals surface area (Å²) < 4.78 is 5.72. The van der Waals surface area contributed by atoms with Crippen LogP contribution in [-0.2, 0) is 15.6 Å². The molecule has 1 aliphatic rings. The zero-order valence-corrected chi connectivity index (χ0v) is 20.5. The summed E-state index contributed by atoms with van der Waals surface area (Å²) in [5.41, 5.74) is 4.39. The molecular weight excluding hydrogens is 394 g/mol. The molecule has 2 N–H and O–H groups in total. The molecule has 0 radical (unpaired) electrons. The van der Waals surface area contributed by atoms with Crippen LogP contribution in [0.3, 0.4) is 0 Å². The summed E-state index contributed by atoms with van der Waals surface area (Å²) in [6.07, 6.45) is 0. The van der Waals surface area contributed by atoms with Gasteiger partial charge in [0.15, 0.2) is 0 Å². The van der Waals surface area contributed by atoms with Gasteiger partial charge in [0.25, 0.3) is 0 Å². The average Bonchev–Trinajstić information content (AvgIpc) is 2.74.